The second-order valence-electron chi connectivity index (χ2n) is 3.45. The second kappa shape index (κ2) is 5.25. The molecule has 0 unspecified atom stereocenters. The Morgan fingerprint density at radius 3 is 2.60 bits per heavy atom. The molecule has 1 aromatic rings. The van der Waals surface area contributed by atoms with E-state index in [2.05, 4.69) is 4.72 Å². The van der Waals surface area contributed by atoms with E-state index >= 15 is 0 Å². The van der Waals surface area contributed by atoms with Crippen molar-refractivity contribution >= 4 is 10.0 Å². The molecule has 1 aromatic carbocycles. The molecule has 0 atom stereocenters. The molecule has 0 saturated carbocycles. The summed E-state index contributed by atoms with van der Waals surface area (Å²) in [6.45, 7) is 0.931. The highest BCUT2D eigenvalue weighted by Gasteiger charge is 2.01. The molecule has 0 fully saturated rings. The van der Waals surface area contributed by atoms with Crippen LogP contribution >= 0.6 is 0 Å². The minimum atomic E-state index is -3.12. The highest BCUT2D eigenvalue weighted by molar-refractivity contribution is 7.88. The van der Waals surface area contributed by atoms with E-state index in [9.17, 15) is 8.42 Å². The Hall–Kier alpha value is -0.910. The number of nitrogens with two attached hydrogens (primary N) is 1. The number of sulfonamides is 1. The van der Waals surface area contributed by atoms with E-state index in [1.54, 1.807) is 0 Å². The predicted molar refractivity (Wildman–Crippen MR) is 60.9 cm³/mol. The van der Waals surface area contributed by atoms with Crippen LogP contribution < -0.4 is 10.5 Å². The van der Waals surface area contributed by atoms with Gasteiger partial charge >= 0.3 is 0 Å². The van der Waals surface area contributed by atoms with E-state index in [1.807, 2.05) is 24.3 Å². The summed E-state index contributed by atoms with van der Waals surface area (Å²) in [5.74, 6) is 0. The van der Waals surface area contributed by atoms with Crippen molar-refractivity contribution in [3.05, 3.63) is 35.4 Å². The summed E-state index contributed by atoms with van der Waals surface area (Å²) in [6, 6.07) is 7.74. The van der Waals surface area contributed by atoms with Crippen LogP contribution in [0.25, 0.3) is 0 Å². The van der Waals surface area contributed by atoms with Crippen molar-refractivity contribution in [1.82, 2.24) is 4.72 Å². The number of nitrogens with one attached hydrogen (secondary N) is 1. The molecule has 0 heterocycles. The molecule has 3 N–H and O–H groups in total. The van der Waals surface area contributed by atoms with Gasteiger partial charge in [-0.15, -0.1) is 0 Å². The van der Waals surface area contributed by atoms with Crippen LogP contribution in [-0.2, 0) is 23.0 Å². The summed E-state index contributed by atoms with van der Waals surface area (Å²) in [7, 11) is -3.12. The SMILES string of the molecule is CS(=O)(=O)NCc1cccc(CCN)c1. The molecule has 4 nitrogen and oxygen atoms in total. The Bertz CT molecular complexity index is 415. The lowest BCUT2D eigenvalue weighted by Gasteiger charge is -2.04. The highest BCUT2D eigenvalue weighted by atomic mass is 32.2. The number of benzene rings is 1. The van der Waals surface area contributed by atoms with Gasteiger partial charge in [0.1, 0.15) is 0 Å². The zero-order valence-corrected chi connectivity index (χ0v) is 9.55. The van der Waals surface area contributed by atoms with Gasteiger partial charge in [0.15, 0.2) is 0 Å². The average molecular weight is 228 g/mol. The first-order chi connectivity index (χ1) is 7.01. The number of rotatable bonds is 5. The second-order valence-corrected chi connectivity index (χ2v) is 5.28. The molecule has 0 spiro atoms. The summed E-state index contributed by atoms with van der Waals surface area (Å²) < 4.78 is 24.2. The molecule has 1 rings (SSSR count). The van der Waals surface area contributed by atoms with Gasteiger partial charge in [0.2, 0.25) is 10.0 Å². The quantitative estimate of drug-likeness (QED) is 0.758. The molecule has 0 saturated heterocycles. The Balaban J connectivity index is 2.65. The molecular weight excluding hydrogens is 212 g/mol. The largest absolute Gasteiger partial charge is 0.330 e. The van der Waals surface area contributed by atoms with Gasteiger partial charge in [0, 0.05) is 6.54 Å². The van der Waals surface area contributed by atoms with Crippen molar-refractivity contribution in [2.75, 3.05) is 12.8 Å². The smallest absolute Gasteiger partial charge is 0.209 e. The predicted octanol–water partition coefficient (Wildman–Crippen LogP) is 0.237. The van der Waals surface area contributed by atoms with Gasteiger partial charge in [0.05, 0.1) is 6.26 Å². The fourth-order valence-electron chi connectivity index (χ4n) is 1.28. The van der Waals surface area contributed by atoms with Crippen molar-refractivity contribution in [2.45, 2.75) is 13.0 Å². The van der Waals surface area contributed by atoms with Gasteiger partial charge in [-0.05, 0) is 24.1 Å². The standard InChI is InChI=1S/C10H16N2O2S/c1-15(13,14)12-8-10-4-2-3-9(7-10)5-6-11/h2-4,7,12H,5-6,8,11H2,1H3. The van der Waals surface area contributed by atoms with Crippen molar-refractivity contribution in [3.63, 3.8) is 0 Å². The fraction of sp³-hybridized carbons (Fsp3) is 0.400. The van der Waals surface area contributed by atoms with Crippen LogP contribution in [0.1, 0.15) is 11.1 Å². The van der Waals surface area contributed by atoms with Crippen LogP contribution in [0, 0.1) is 0 Å². The Morgan fingerprint density at radius 2 is 2.00 bits per heavy atom. The van der Waals surface area contributed by atoms with Crippen LogP contribution in [0.4, 0.5) is 0 Å². The van der Waals surface area contributed by atoms with Crippen LogP contribution in [0.15, 0.2) is 24.3 Å². The molecule has 0 aliphatic rings. The third kappa shape index (κ3) is 4.92. The minimum Gasteiger partial charge on any atom is -0.330 e. The van der Waals surface area contributed by atoms with Crippen LogP contribution in [-0.4, -0.2) is 21.2 Å². The van der Waals surface area contributed by atoms with E-state index in [0.29, 0.717) is 13.1 Å². The summed E-state index contributed by atoms with van der Waals surface area (Å²) >= 11 is 0. The van der Waals surface area contributed by atoms with Crippen molar-refractivity contribution in [2.24, 2.45) is 5.73 Å². The molecule has 0 bridgehead atoms. The van der Waals surface area contributed by atoms with E-state index in [4.69, 9.17) is 5.73 Å². The lowest BCUT2D eigenvalue weighted by atomic mass is 10.1. The normalized spacial score (nSPS) is 11.6. The minimum absolute atomic E-state index is 0.331. The first-order valence-electron chi connectivity index (χ1n) is 4.74. The first-order valence-corrected chi connectivity index (χ1v) is 6.63. The lowest BCUT2D eigenvalue weighted by molar-refractivity contribution is 0.587. The van der Waals surface area contributed by atoms with E-state index in [1.165, 1.54) is 0 Å². The fourth-order valence-corrected chi connectivity index (χ4v) is 1.71. The number of hydrogen-bond donors (Lipinski definition) is 2. The summed E-state index contributed by atoms with van der Waals surface area (Å²) in [6.07, 6.45) is 1.96. The first kappa shape index (κ1) is 12.2. The molecule has 0 aliphatic heterocycles. The molecule has 84 valence electrons. The molecule has 0 amide bonds. The van der Waals surface area contributed by atoms with Crippen molar-refractivity contribution in [3.8, 4) is 0 Å². The van der Waals surface area contributed by atoms with Gasteiger partial charge in [-0.3, -0.25) is 0 Å². The molecule has 0 aromatic heterocycles. The Labute approximate surface area is 90.5 Å². The van der Waals surface area contributed by atoms with Crippen molar-refractivity contribution < 1.29 is 8.42 Å². The lowest BCUT2D eigenvalue weighted by Crippen LogP contribution is -2.21. The monoisotopic (exact) mass is 228 g/mol. The third-order valence-electron chi connectivity index (χ3n) is 1.96. The maximum atomic E-state index is 10.9. The summed E-state index contributed by atoms with van der Waals surface area (Å²) in [5.41, 5.74) is 7.52. The summed E-state index contributed by atoms with van der Waals surface area (Å²) in [4.78, 5) is 0. The zero-order chi connectivity index (χ0) is 11.3. The molecular formula is C10H16N2O2S. The average Bonchev–Trinajstić information content (AvgIpc) is 2.15. The van der Waals surface area contributed by atoms with Crippen LogP contribution in [0.2, 0.25) is 0 Å². The topological polar surface area (TPSA) is 72.2 Å². The molecule has 5 heteroatoms. The zero-order valence-electron chi connectivity index (χ0n) is 8.73. The van der Waals surface area contributed by atoms with Crippen LogP contribution in [0.5, 0.6) is 0 Å². The Morgan fingerprint density at radius 1 is 1.33 bits per heavy atom. The molecule has 0 radical (unpaired) electrons. The third-order valence-corrected chi connectivity index (χ3v) is 2.63. The van der Waals surface area contributed by atoms with Gasteiger partial charge in [-0.25, -0.2) is 13.1 Å². The van der Waals surface area contributed by atoms with Gasteiger partial charge in [0.25, 0.3) is 0 Å². The van der Waals surface area contributed by atoms with Gasteiger partial charge in [-0.1, -0.05) is 24.3 Å². The maximum absolute atomic E-state index is 10.9. The highest BCUT2D eigenvalue weighted by Crippen LogP contribution is 2.05. The van der Waals surface area contributed by atoms with E-state index in [-0.39, 0.29) is 0 Å². The van der Waals surface area contributed by atoms with Gasteiger partial charge in [-0.2, -0.15) is 0 Å². The van der Waals surface area contributed by atoms with Crippen molar-refractivity contribution in [1.29, 1.82) is 0 Å². The Kier molecular flexibility index (Phi) is 4.26. The maximum Gasteiger partial charge on any atom is 0.209 e. The molecule has 15 heavy (non-hydrogen) atoms. The molecule has 0 aliphatic carbocycles. The van der Waals surface area contributed by atoms with E-state index in [0.717, 1.165) is 23.8 Å². The van der Waals surface area contributed by atoms with Gasteiger partial charge < -0.3 is 5.73 Å². The summed E-state index contributed by atoms with van der Waals surface area (Å²) in [5, 5.41) is 0. The van der Waals surface area contributed by atoms with E-state index < -0.39 is 10.0 Å². The van der Waals surface area contributed by atoms with Crippen LogP contribution in [0.3, 0.4) is 0 Å². The number of hydrogen-bond acceptors (Lipinski definition) is 3.